The Balaban J connectivity index is 2.46. The van der Waals surface area contributed by atoms with E-state index in [4.69, 9.17) is 5.11 Å². The maximum Gasteiger partial charge on any atom is 0.335 e. The smallest absolute Gasteiger partial charge is 0.335 e. The summed E-state index contributed by atoms with van der Waals surface area (Å²) in [5.74, 6) is -0.873. The molecule has 3 nitrogen and oxygen atoms in total. The van der Waals surface area contributed by atoms with Crippen LogP contribution in [0.2, 0.25) is 0 Å². The fourth-order valence-corrected chi connectivity index (χ4v) is 1.77. The van der Waals surface area contributed by atoms with E-state index < -0.39 is 5.97 Å². The highest BCUT2D eigenvalue weighted by molar-refractivity contribution is 5.88. The lowest BCUT2D eigenvalue weighted by Crippen LogP contribution is -2.04. The fraction of sp³-hybridized carbons (Fsp3) is 0.500. The van der Waals surface area contributed by atoms with Gasteiger partial charge < -0.3 is 10.4 Å². The second-order valence-electron chi connectivity index (χ2n) is 4.32. The van der Waals surface area contributed by atoms with E-state index in [0.29, 0.717) is 5.56 Å². The van der Waals surface area contributed by atoms with Crippen LogP contribution in [-0.2, 0) is 0 Å². The van der Waals surface area contributed by atoms with Gasteiger partial charge in [-0.1, -0.05) is 26.2 Å². The van der Waals surface area contributed by atoms with Gasteiger partial charge in [0.2, 0.25) is 0 Å². The molecule has 0 heterocycles. The number of anilines is 1. The zero-order chi connectivity index (χ0) is 12.7. The third-order valence-electron chi connectivity index (χ3n) is 2.82. The number of carboxylic acid groups (broad SMARTS) is 1. The average Bonchev–Trinajstić information content (AvgIpc) is 2.30. The molecule has 0 aliphatic carbocycles. The molecule has 1 rings (SSSR count). The molecule has 0 saturated carbocycles. The van der Waals surface area contributed by atoms with E-state index in [9.17, 15) is 4.79 Å². The van der Waals surface area contributed by atoms with Gasteiger partial charge in [0.15, 0.2) is 0 Å². The summed E-state index contributed by atoms with van der Waals surface area (Å²) in [6, 6.07) is 5.19. The second-order valence-corrected chi connectivity index (χ2v) is 4.32. The van der Waals surface area contributed by atoms with Gasteiger partial charge in [-0.15, -0.1) is 0 Å². The van der Waals surface area contributed by atoms with Crippen LogP contribution in [0.25, 0.3) is 0 Å². The standard InChI is InChI=1S/C14H21NO2/c1-3-4-5-6-9-15-13-8-7-12(14(16)17)10-11(13)2/h7-8,10,15H,3-6,9H2,1-2H3,(H,16,17). The normalized spacial score (nSPS) is 10.2. The topological polar surface area (TPSA) is 49.3 Å². The van der Waals surface area contributed by atoms with Gasteiger partial charge in [0.1, 0.15) is 0 Å². The van der Waals surface area contributed by atoms with Gasteiger partial charge in [0.25, 0.3) is 0 Å². The molecule has 3 heteroatoms. The van der Waals surface area contributed by atoms with Crippen molar-refractivity contribution in [3.63, 3.8) is 0 Å². The summed E-state index contributed by atoms with van der Waals surface area (Å²) < 4.78 is 0. The number of aryl methyl sites for hydroxylation is 1. The number of carboxylic acids is 1. The van der Waals surface area contributed by atoms with Gasteiger partial charge in [0, 0.05) is 12.2 Å². The Morgan fingerprint density at radius 1 is 1.29 bits per heavy atom. The van der Waals surface area contributed by atoms with Crippen LogP contribution in [-0.4, -0.2) is 17.6 Å². The van der Waals surface area contributed by atoms with Crippen LogP contribution in [0.4, 0.5) is 5.69 Å². The van der Waals surface area contributed by atoms with Crippen molar-refractivity contribution < 1.29 is 9.90 Å². The first-order chi connectivity index (χ1) is 8.15. The molecule has 0 aliphatic heterocycles. The van der Waals surface area contributed by atoms with Gasteiger partial charge in [-0.05, 0) is 37.1 Å². The van der Waals surface area contributed by atoms with E-state index in [1.807, 2.05) is 13.0 Å². The van der Waals surface area contributed by atoms with Gasteiger partial charge in [-0.3, -0.25) is 0 Å². The summed E-state index contributed by atoms with van der Waals surface area (Å²) in [5.41, 5.74) is 2.37. The van der Waals surface area contributed by atoms with Crippen molar-refractivity contribution in [3.05, 3.63) is 29.3 Å². The van der Waals surface area contributed by atoms with Crippen molar-refractivity contribution in [2.75, 3.05) is 11.9 Å². The average molecular weight is 235 g/mol. The third-order valence-corrected chi connectivity index (χ3v) is 2.82. The highest BCUT2D eigenvalue weighted by atomic mass is 16.4. The minimum Gasteiger partial charge on any atom is -0.478 e. The van der Waals surface area contributed by atoms with Crippen LogP contribution < -0.4 is 5.32 Å². The predicted molar refractivity (Wildman–Crippen MR) is 70.8 cm³/mol. The van der Waals surface area contributed by atoms with Crippen LogP contribution in [0, 0.1) is 6.92 Å². The summed E-state index contributed by atoms with van der Waals surface area (Å²) in [4.78, 5) is 10.8. The molecule has 0 fully saturated rings. The molecule has 0 bridgehead atoms. The summed E-state index contributed by atoms with van der Waals surface area (Å²) in [6.07, 6.45) is 4.93. The van der Waals surface area contributed by atoms with Crippen molar-refractivity contribution in [1.29, 1.82) is 0 Å². The van der Waals surface area contributed by atoms with Crippen LogP contribution in [0.15, 0.2) is 18.2 Å². The van der Waals surface area contributed by atoms with E-state index >= 15 is 0 Å². The summed E-state index contributed by atoms with van der Waals surface area (Å²) >= 11 is 0. The van der Waals surface area contributed by atoms with E-state index in [-0.39, 0.29) is 0 Å². The van der Waals surface area contributed by atoms with E-state index in [1.165, 1.54) is 19.3 Å². The molecule has 1 aromatic carbocycles. The van der Waals surface area contributed by atoms with E-state index in [2.05, 4.69) is 12.2 Å². The molecule has 1 aromatic rings. The third kappa shape index (κ3) is 4.47. The van der Waals surface area contributed by atoms with E-state index in [0.717, 1.165) is 24.2 Å². The Bertz CT molecular complexity index is 374. The molecule has 17 heavy (non-hydrogen) atoms. The molecule has 0 saturated heterocycles. The SMILES string of the molecule is CCCCCCNc1ccc(C(=O)O)cc1C. The molecule has 0 unspecified atom stereocenters. The van der Waals surface area contributed by atoms with E-state index in [1.54, 1.807) is 12.1 Å². The zero-order valence-electron chi connectivity index (χ0n) is 10.6. The molecular weight excluding hydrogens is 214 g/mol. The molecule has 0 aliphatic rings. The second kappa shape index (κ2) is 6.94. The molecule has 94 valence electrons. The number of hydrogen-bond acceptors (Lipinski definition) is 2. The number of carbonyl (C=O) groups is 1. The maximum atomic E-state index is 10.8. The Hall–Kier alpha value is -1.51. The number of rotatable bonds is 7. The largest absolute Gasteiger partial charge is 0.478 e. The molecular formula is C14H21NO2. The zero-order valence-corrected chi connectivity index (χ0v) is 10.6. The first-order valence-electron chi connectivity index (χ1n) is 6.23. The van der Waals surface area contributed by atoms with Gasteiger partial charge in [0.05, 0.1) is 5.56 Å². The van der Waals surface area contributed by atoms with Crippen LogP contribution in [0.3, 0.4) is 0 Å². The Morgan fingerprint density at radius 3 is 2.65 bits per heavy atom. The van der Waals surface area contributed by atoms with Gasteiger partial charge in [-0.25, -0.2) is 4.79 Å². The van der Waals surface area contributed by atoms with Crippen molar-refractivity contribution in [2.24, 2.45) is 0 Å². The molecule has 0 atom stereocenters. The maximum absolute atomic E-state index is 10.8. The number of aromatic carboxylic acids is 1. The first kappa shape index (κ1) is 13.6. The van der Waals surface area contributed by atoms with Crippen molar-refractivity contribution in [3.8, 4) is 0 Å². The van der Waals surface area contributed by atoms with Gasteiger partial charge >= 0.3 is 5.97 Å². The highest BCUT2D eigenvalue weighted by Gasteiger charge is 2.04. The van der Waals surface area contributed by atoms with Gasteiger partial charge in [-0.2, -0.15) is 0 Å². The van der Waals surface area contributed by atoms with Crippen molar-refractivity contribution >= 4 is 11.7 Å². The van der Waals surface area contributed by atoms with Crippen LogP contribution in [0.5, 0.6) is 0 Å². The quantitative estimate of drug-likeness (QED) is 0.709. The fourth-order valence-electron chi connectivity index (χ4n) is 1.77. The minimum absolute atomic E-state index is 0.346. The number of unbranched alkanes of at least 4 members (excludes halogenated alkanes) is 3. The Kier molecular flexibility index (Phi) is 5.53. The summed E-state index contributed by atoms with van der Waals surface area (Å²) in [7, 11) is 0. The lowest BCUT2D eigenvalue weighted by Gasteiger charge is -2.09. The molecule has 2 N–H and O–H groups in total. The Labute approximate surface area is 103 Å². The monoisotopic (exact) mass is 235 g/mol. The molecule has 0 aromatic heterocycles. The minimum atomic E-state index is -0.873. The van der Waals surface area contributed by atoms with Crippen LogP contribution >= 0.6 is 0 Å². The summed E-state index contributed by atoms with van der Waals surface area (Å²) in [6.45, 7) is 5.08. The Morgan fingerprint density at radius 2 is 2.06 bits per heavy atom. The number of benzene rings is 1. The molecule has 0 radical (unpaired) electrons. The number of hydrogen-bond donors (Lipinski definition) is 2. The predicted octanol–water partition coefficient (Wildman–Crippen LogP) is 3.69. The lowest BCUT2D eigenvalue weighted by molar-refractivity contribution is 0.0697. The van der Waals surface area contributed by atoms with Crippen LogP contribution in [0.1, 0.15) is 48.5 Å². The first-order valence-corrected chi connectivity index (χ1v) is 6.23. The molecule has 0 spiro atoms. The highest BCUT2D eigenvalue weighted by Crippen LogP contribution is 2.16. The van der Waals surface area contributed by atoms with Crippen molar-refractivity contribution in [2.45, 2.75) is 39.5 Å². The molecule has 0 amide bonds. The number of nitrogens with one attached hydrogen (secondary N) is 1. The van der Waals surface area contributed by atoms with Crippen molar-refractivity contribution in [1.82, 2.24) is 0 Å². The summed E-state index contributed by atoms with van der Waals surface area (Å²) in [5, 5.41) is 12.2. The lowest BCUT2D eigenvalue weighted by atomic mass is 10.1.